The van der Waals surface area contributed by atoms with E-state index in [2.05, 4.69) is 34.7 Å². The molecule has 0 spiro atoms. The van der Waals surface area contributed by atoms with Crippen LogP contribution in [0.3, 0.4) is 0 Å². The number of halogens is 1. The van der Waals surface area contributed by atoms with E-state index in [-0.39, 0.29) is 35.8 Å². The second-order valence-corrected chi connectivity index (χ2v) is 6.42. The van der Waals surface area contributed by atoms with Crippen LogP contribution in [0.4, 0.5) is 0 Å². The fourth-order valence-corrected chi connectivity index (χ4v) is 3.05. The first-order chi connectivity index (χ1) is 13.1. The molecule has 0 bridgehead atoms. The minimum absolute atomic E-state index is 0. The molecule has 7 heteroatoms. The van der Waals surface area contributed by atoms with Crippen molar-refractivity contribution in [2.45, 2.75) is 20.4 Å². The van der Waals surface area contributed by atoms with Gasteiger partial charge < -0.3 is 10.6 Å². The van der Waals surface area contributed by atoms with Gasteiger partial charge in [0.2, 0.25) is 0 Å². The number of aliphatic imine (C=N–C) groups is 1. The van der Waals surface area contributed by atoms with Crippen LogP contribution in [0.2, 0.25) is 0 Å². The standard InChI is InChI=1S/C21H24N4O2.HI/c1-3-22-21(24-14-16-8-6-7-15(2)13-16)23-11-12-25-19(26)17-9-4-5-10-18(17)20(25)27;/h4-10,13H,3,11-12,14H2,1-2H3,(H2,22,23,24);1H. The number of benzene rings is 2. The molecule has 1 heterocycles. The van der Waals surface area contributed by atoms with Gasteiger partial charge in [-0.05, 0) is 31.5 Å². The summed E-state index contributed by atoms with van der Waals surface area (Å²) in [6.07, 6.45) is 0. The number of guanidine groups is 1. The molecule has 6 nitrogen and oxygen atoms in total. The van der Waals surface area contributed by atoms with Crippen molar-refractivity contribution in [3.63, 3.8) is 0 Å². The van der Waals surface area contributed by atoms with E-state index in [1.807, 2.05) is 19.1 Å². The number of imide groups is 1. The number of hydrogen-bond acceptors (Lipinski definition) is 3. The third kappa shape index (κ3) is 5.09. The number of nitrogens with one attached hydrogen (secondary N) is 2. The summed E-state index contributed by atoms with van der Waals surface area (Å²) in [5, 5.41) is 6.38. The molecule has 28 heavy (non-hydrogen) atoms. The van der Waals surface area contributed by atoms with Gasteiger partial charge in [-0.15, -0.1) is 24.0 Å². The van der Waals surface area contributed by atoms with E-state index in [4.69, 9.17) is 0 Å². The van der Waals surface area contributed by atoms with Gasteiger partial charge in [-0.25, -0.2) is 4.99 Å². The molecule has 0 radical (unpaired) electrons. The Morgan fingerprint density at radius 2 is 1.68 bits per heavy atom. The van der Waals surface area contributed by atoms with Crippen molar-refractivity contribution in [3.05, 3.63) is 70.8 Å². The summed E-state index contributed by atoms with van der Waals surface area (Å²) in [5.74, 6) is 0.189. The van der Waals surface area contributed by atoms with Gasteiger partial charge in [0.1, 0.15) is 0 Å². The highest BCUT2D eigenvalue weighted by Gasteiger charge is 2.34. The van der Waals surface area contributed by atoms with Gasteiger partial charge >= 0.3 is 0 Å². The van der Waals surface area contributed by atoms with Gasteiger partial charge in [0.25, 0.3) is 11.8 Å². The van der Waals surface area contributed by atoms with Crippen LogP contribution in [0.15, 0.2) is 53.5 Å². The molecular formula is C21H25IN4O2. The predicted octanol–water partition coefficient (Wildman–Crippen LogP) is 2.96. The Hall–Kier alpha value is -2.42. The number of aryl methyl sites for hydroxylation is 1. The summed E-state index contributed by atoms with van der Waals surface area (Å²) < 4.78 is 0. The Morgan fingerprint density at radius 1 is 1.00 bits per heavy atom. The van der Waals surface area contributed by atoms with E-state index in [1.54, 1.807) is 24.3 Å². The van der Waals surface area contributed by atoms with Crippen molar-refractivity contribution >= 4 is 41.8 Å². The molecule has 0 atom stereocenters. The SMILES string of the molecule is CCNC(=NCc1cccc(C)c1)NCCN1C(=O)c2ccccc2C1=O.I. The second-order valence-electron chi connectivity index (χ2n) is 6.42. The first-order valence-electron chi connectivity index (χ1n) is 9.13. The molecule has 0 saturated carbocycles. The fraction of sp³-hybridized carbons (Fsp3) is 0.286. The van der Waals surface area contributed by atoms with Gasteiger partial charge in [0.05, 0.1) is 17.7 Å². The van der Waals surface area contributed by atoms with Gasteiger partial charge in [-0.2, -0.15) is 0 Å². The van der Waals surface area contributed by atoms with Crippen LogP contribution < -0.4 is 10.6 Å². The topological polar surface area (TPSA) is 73.8 Å². The lowest BCUT2D eigenvalue weighted by Gasteiger charge is -2.16. The van der Waals surface area contributed by atoms with E-state index < -0.39 is 0 Å². The molecule has 148 valence electrons. The van der Waals surface area contributed by atoms with Crippen LogP contribution >= 0.6 is 24.0 Å². The Morgan fingerprint density at radius 3 is 2.29 bits per heavy atom. The molecule has 1 aliphatic rings. The molecule has 0 fully saturated rings. The maximum Gasteiger partial charge on any atom is 0.261 e. The van der Waals surface area contributed by atoms with Crippen molar-refractivity contribution < 1.29 is 9.59 Å². The monoisotopic (exact) mass is 492 g/mol. The summed E-state index contributed by atoms with van der Waals surface area (Å²) in [7, 11) is 0. The smallest absolute Gasteiger partial charge is 0.261 e. The maximum absolute atomic E-state index is 12.4. The molecule has 0 saturated heterocycles. The van der Waals surface area contributed by atoms with Crippen LogP contribution in [-0.4, -0.2) is 42.3 Å². The van der Waals surface area contributed by atoms with E-state index >= 15 is 0 Å². The van der Waals surface area contributed by atoms with Gasteiger partial charge in [0.15, 0.2) is 5.96 Å². The normalized spacial score (nSPS) is 13.2. The highest BCUT2D eigenvalue weighted by atomic mass is 127. The zero-order valence-electron chi connectivity index (χ0n) is 16.1. The third-order valence-electron chi connectivity index (χ3n) is 4.35. The number of nitrogens with zero attached hydrogens (tertiary/aromatic N) is 2. The van der Waals surface area contributed by atoms with Gasteiger partial charge in [-0.1, -0.05) is 42.0 Å². The highest BCUT2D eigenvalue weighted by Crippen LogP contribution is 2.21. The number of amides is 2. The van der Waals surface area contributed by atoms with Crippen molar-refractivity contribution in [1.29, 1.82) is 0 Å². The van der Waals surface area contributed by atoms with Gasteiger partial charge in [0, 0.05) is 19.6 Å². The van der Waals surface area contributed by atoms with Crippen molar-refractivity contribution in [2.75, 3.05) is 19.6 Å². The largest absolute Gasteiger partial charge is 0.357 e. The van der Waals surface area contributed by atoms with Crippen LogP contribution in [-0.2, 0) is 6.54 Å². The third-order valence-corrected chi connectivity index (χ3v) is 4.35. The molecule has 2 aromatic carbocycles. The summed E-state index contributed by atoms with van der Waals surface area (Å²) in [6.45, 7) is 6.07. The van der Waals surface area contributed by atoms with Crippen LogP contribution in [0.1, 0.15) is 38.8 Å². The van der Waals surface area contributed by atoms with Crippen molar-refractivity contribution in [3.8, 4) is 0 Å². The first kappa shape index (κ1) is 21.9. The Kier molecular flexibility index (Phi) is 7.98. The molecule has 3 rings (SSSR count). The summed E-state index contributed by atoms with van der Waals surface area (Å²) >= 11 is 0. The first-order valence-corrected chi connectivity index (χ1v) is 9.13. The predicted molar refractivity (Wildman–Crippen MR) is 121 cm³/mol. The number of hydrogen-bond donors (Lipinski definition) is 2. The minimum Gasteiger partial charge on any atom is -0.357 e. The van der Waals surface area contributed by atoms with Crippen LogP contribution in [0, 0.1) is 6.92 Å². The van der Waals surface area contributed by atoms with Crippen molar-refractivity contribution in [2.24, 2.45) is 4.99 Å². The average Bonchev–Trinajstić information content (AvgIpc) is 2.91. The fourth-order valence-electron chi connectivity index (χ4n) is 3.05. The quantitative estimate of drug-likeness (QED) is 0.282. The van der Waals surface area contributed by atoms with Gasteiger partial charge in [-0.3, -0.25) is 14.5 Å². The Balaban J connectivity index is 0.00000280. The molecular weight excluding hydrogens is 467 g/mol. The summed E-state index contributed by atoms with van der Waals surface area (Å²) in [5.41, 5.74) is 3.28. The van der Waals surface area contributed by atoms with E-state index in [0.717, 1.165) is 12.1 Å². The average molecular weight is 492 g/mol. The number of carbonyl (C=O) groups excluding carboxylic acids is 2. The van der Waals surface area contributed by atoms with Crippen LogP contribution in [0.25, 0.3) is 0 Å². The molecule has 0 aromatic heterocycles. The lowest BCUT2D eigenvalue weighted by molar-refractivity contribution is 0.0657. The molecule has 0 aliphatic carbocycles. The summed E-state index contributed by atoms with van der Waals surface area (Å²) in [4.78, 5) is 30.6. The molecule has 2 amide bonds. The Bertz CT molecular complexity index is 847. The molecule has 2 aromatic rings. The Labute approximate surface area is 182 Å². The molecule has 1 aliphatic heterocycles. The number of carbonyl (C=O) groups is 2. The van der Waals surface area contributed by atoms with Crippen molar-refractivity contribution in [1.82, 2.24) is 15.5 Å². The van der Waals surface area contributed by atoms with E-state index in [9.17, 15) is 9.59 Å². The molecule has 0 unspecified atom stereocenters. The lowest BCUT2D eigenvalue weighted by Crippen LogP contribution is -2.43. The number of fused-ring (bicyclic) bond motifs is 1. The maximum atomic E-state index is 12.4. The lowest BCUT2D eigenvalue weighted by atomic mass is 10.1. The van der Waals surface area contributed by atoms with E-state index in [1.165, 1.54) is 10.5 Å². The summed E-state index contributed by atoms with van der Waals surface area (Å²) in [6, 6.07) is 15.1. The zero-order chi connectivity index (χ0) is 19.2. The number of rotatable bonds is 6. The zero-order valence-corrected chi connectivity index (χ0v) is 18.4. The second kappa shape index (κ2) is 10.2. The van der Waals surface area contributed by atoms with Crippen LogP contribution in [0.5, 0.6) is 0 Å². The highest BCUT2D eigenvalue weighted by molar-refractivity contribution is 14.0. The molecule has 2 N–H and O–H groups in total. The minimum atomic E-state index is -0.237. The van der Waals surface area contributed by atoms with E-state index in [0.29, 0.717) is 36.7 Å².